The van der Waals surface area contributed by atoms with E-state index in [1.807, 2.05) is 4.90 Å². The zero-order valence-corrected chi connectivity index (χ0v) is 13.5. The maximum Gasteiger partial charge on any atom is 0.271 e. The van der Waals surface area contributed by atoms with E-state index < -0.39 is 9.05 Å². The molecule has 20 heavy (non-hydrogen) atoms. The second-order valence-corrected chi connectivity index (χ2v) is 9.27. The van der Waals surface area contributed by atoms with Crippen LogP contribution in [0.25, 0.3) is 0 Å². The molecule has 0 bridgehead atoms. The molecule has 0 radical (unpaired) electrons. The number of thiophene rings is 1. The maximum absolute atomic E-state index is 12.6. The van der Waals surface area contributed by atoms with Crippen LogP contribution in [0.15, 0.2) is 9.59 Å². The smallest absolute Gasteiger partial charge is 0.271 e. The van der Waals surface area contributed by atoms with E-state index in [0.717, 1.165) is 30.7 Å². The molecule has 110 valence electrons. The molecule has 0 spiro atoms. The van der Waals surface area contributed by atoms with E-state index in [4.69, 9.17) is 10.7 Å². The lowest BCUT2D eigenvalue weighted by molar-refractivity contribution is 0.0734. The Morgan fingerprint density at radius 3 is 2.50 bits per heavy atom. The van der Waals surface area contributed by atoms with Gasteiger partial charge in [0.2, 0.25) is 0 Å². The van der Waals surface area contributed by atoms with Gasteiger partial charge >= 0.3 is 0 Å². The van der Waals surface area contributed by atoms with Gasteiger partial charge in [-0.25, -0.2) is 8.42 Å². The molecule has 2 fully saturated rings. The number of amides is 1. The van der Waals surface area contributed by atoms with Crippen LogP contribution in [0, 0.1) is 12.8 Å². The zero-order valence-electron chi connectivity index (χ0n) is 11.1. The lowest BCUT2D eigenvalue weighted by Crippen LogP contribution is -2.35. The van der Waals surface area contributed by atoms with Crippen molar-refractivity contribution in [2.75, 3.05) is 6.54 Å². The van der Waals surface area contributed by atoms with Crippen molar-refractivity contribution in [2.45, 2.75) is 42.9 Å². The molecule has 2 aliphatic rings. The molecule has 1 aromatic rings. The third kappa shape index (κ3) is 2.87. The Morgan fingerprint density at radius 2 is 2.05 bits per heavy atom. The van der Waals surface area contributed by atoms with Gasteiger partial charge in [-0.3, -0.25) is 4.79 Å². The highest BCUT2D eigenvalue weighted by Gasteiger charge is 2.38. The summed E-state index contributed by atoms with van der Waals surface area (Å²) in [5.74, 6) is 0.592. The Labute approximate surface area is 127 Å². The highest BCUT2D eigenvalue weighted by molar-refractivity contribution is 8.15. The lowest BCUT2D eigenvalue weighted by atomic mass is 10.2. The molecule has 0 N–H and O–H groups in total. The van der Waals surface area contributed by atoms with Crippen molar-refractivity contribution >= 4 is 37.0 Å². The predicted octanol–water partition coefficient (Wildman–Crippen LogP) is 3.00. The summed E-state index contributed by atoms with van der Waals surface area (Å²) in [6.07, 6.45) is 4.51. The number of hydrogen-bond donors (Lipinski definition) is 0. The Balaban J connectivity index is 1.87. The summed E-state index contributed by atoms with van der Waals surface area (Å²) in [7, 11) is 1.62. The molecule has 0 unspecified atom stereocenters. The van der Waals surface area contributed by atoms with E-state index in [1.54, 1.807) is 12.3 Å². The Bertz CT molecular complexity index is 645. The molecule has 0 aromatic carbocycles. The zero-order chi connectivity index (χ0) is 14.5. The Hall–Kier alpha value is -0.590. The van der Waals surface area contributed by atoms with Crippen LogP contribution in [0.2, 0.25) is 0 Å². The highest BCUT2D eigenvalue weighted by atomic mass is 35.7. The fraction of sp³-hybridized carbons (Fsp3) is 0.615. The van der Waals surface area contributed by atoms with E-state index in [1.165, 1.54) is 12.8 Å². The van der Waals surface area contributed by atoms with Crippen LogP contribution in [0.5, 0.6) is 0 Å². The minimum atomic E-state index is -3.77. The summed E-state index contributed by atoms with van der Waals surface area (Å²) in [6.45, 7) is 2.46. The fourth-order valence-corrected chi connectivity index (χ4v) is 4.91. The van der Waals surface area contributed by atoms with Gasteiger partial charge in [-0.1, -0.05) is 0 Å². The van der Waals surface area contributed by atoms with Crippen molar-refractivity contribution in [3.63, 3.8) is 0 Å². The van der Waals surface area contributed by atoms with Gasteiger partial charge in [-0.05, 0) is 44.1 Å². The van der Waals surface area contributed by atoms with E-state index in [0.29, 0.717) is 23.1 Å². The number of halogens is 1. The van der Waals surface area contributed by atoms with Crippen LogP contribution >= 0.6 is 22.0 Å². The van der Waals surface area contributed by atoms with Gasteiger partial charge in [0, 0.05) is 28.6 Å². The average molecular weight is 334 g/mol. The summed E-state index contributed by atoms with van der Waals surface area (Å²) < 4.78 is 23.0. The van der Waals surface area contributed by atoms with Gasteiger partial charge < -0.3 is 4.90 Å². The number of carbonyl (C=O) groups excluding carboxylic acids is 1. The Kier molecular flexibility index (Phi) is 3.59. The summed E-state index contributed by atoms with van der Waals surface area (Å²) >= 11 is 1.03. The SMILES string of the molecule is Cc1c(C(=O)N(CC2CC2)C2CC2)csc1S(=O)(=O)Cl. The monoisotopic (exact) mass is 333 g/mol. The van der Waals surface area contributed by atoms with Crippen LogP contribution in [-0.4, -0.2) is 31.8 Å². The lowest BCUT2D eigenvalue weighted by Gasteiger charge is -2.22. The van der Waals surface area contributed by atoms with Gasteiger partial charge in [-0.2, -0.15) is 0 Å². The molecule has 2 saturated carbocycles. The molecule has 1 heterocycles. The molecule has 1 amide bonds. The molecule has 7 heteroatoms. The van der Waals surface area contributed by atoms with Crippen LogP contribution in [0.4, 0.5) is 0 Å². The molecule has 0 saturated heterocycles. The molecule has 0 atom stereocenters. The van der Waals surface area contributed by atoms with Crippen LogP contribution in [0.3, 0.4) is 0 Å². The van der Waals surface area contributed by atoms with Crippen molar-refractivity contribution in [3.05, 3.63) is 16.5 Å². The first kappa shape index (κ1) is 14.4. The van der Waals surface area contributed by atoms with Crippen LogP contribution in [-0.2, 0) is 9.05 Å². The molecular weight excluding hydrogens is 318 g/mol. The van der Waals surface area contributed by atoms with E-state index in [9.17, 15) is 13.2 Å². The minimum absolute atomic E-state index is 0.0419. The van der Waals surface area contributed by atoms with E-state index in [2.05, 4.69) is 0 Å². The standard InChI is InChI=1S/C13H16ClNO3S2/c1-8-11(7-19-13(8)20(14,17)18)12(16)15(10-4-5-10)6-9-2-3-9/h7,9-10H,2-6H2,1H3. The largest absolute Gasteiger partial charge is 0.335 e. The molecule has 2 aliphatic carbocycles. The number of nitrogens with zero attached hydrogens (tertiary/aromatic N) is 1. The van der Waals surface area contributed by atoms with Gasteiger partial charge in [0.05, 0.1) is 5.56 Å². The molecule has 1 aromatic heterocycles. The van der Waals surface area contributed by atoms with Gasteiger partial charge in [0.1, 0.15) is 4.21 Å². The van der Waals surface area contributed by atoms with Crippen LogP contribution in [0.1, 0.15) is 41.6 Å². The van der Waals surface area contributed by atoms with Crippen molar-refractivity contribution in [1.29, 1.82) is 0 Å². The van der Waals surface area contributed by atoms with Crippen molar-refractivity contribution < 1.29 is 13.2 Å². The molecule has 3 rings (SSSR count). The summed E-state index contributed by atoms with van der Waals surface area (Å²) in [4.78, 5) is 14.6. The second-order valence-electron chi connectivity index (χ2n) is 5.63. The summed E-state index contributed by atoms with van der Waals surface area (Å²) in [5, 5.41) is 1.62. The maximum atomic E-state index is 12.6. The normalized spacial score (nSPS) is 19.1. The van der Waals surface area contributed by atoms with E-state index >= 15 is 0 Å². The van der Waals surface area contributed by atoms with Crippen molar-refractivity contribution in [2.24, 2.45) is 5.92 Å². The minimum Gasteiger partial charge on any atom is -0.335 e. The number of hydrogen-bond acceptors (Lipinski definition) is 4. The molecule has 0 aliphatic heterocycles. The summed E-state index contributed by atoms with van der Waals surface area (Å²) in [5.41, 5.74) is 0.971. The van der Waals surface area contributed by atoms with Gasteiger partial charge in [0.25, 0.3) is 15.0 Å². The fourth-order valence-electron chi connectivity index (χ4n) is 2.37. The van der Waals surface area contributed by atoms with Gasteiger partial charge in [0.15, 0.2) is 0 Å². The topological polar surface area (TPSA) is 54.5 Å². The average Bonchev–Trinajstić information content (AvgIpc) is 3.23. The van der Waals surface area contributed by atoms with Crippen LogP contribution < -0.4 is 0 Å². The summed E-state index contributed by atoms with van der Waals surface area (Å²) in [6, 6.07) is 0.346. The van der Waals surface area contributed by atoms with Crippen molar-refractivity contribution in [1.82, 2.24) is 4.90 Å². The van der Waals surface area contributed by atoms with E-state index in [-0.39, 0.29) is 10.1 Å². The molecule has 4 nitrogen and oxygen atoms in total. The second kappa shape index (κ2) is 5.00. The number of rotatable bonds is 5. The third-order valence-corrected chi connectivity index (χ3v) is 7.15. The first-order chi connectivity index (χ1) is 9.38. The highest BCUT2D eigenvalue weighted by Crippen LogP contribution is 2.37. The molecular formula is C13H16ClNO3S2. The predicted molar refractivity (Wildman–Crippen MR) is 78.9 cm³/mol. The quantitative estimate of drug-likeness (QED) is 0.778. The first-order valence-electron chi connectivity index (χ1n) is 6.71. The van der Waals surface area contributed by atoms with Crippen molar-refractivity contribution in [3.8, 4) is 0 Å². The number of carbonyl (C=O) groups is 1. The van der Waals surface area contributed by atoms with Gasteiger partial charge in [-0.15, -0.1) is 11.3 Å². The third-order valence-electron chi connectivity index (χ3n) is 3.85. The Morgan fingerprint density at radius 1 is 1.40 bits per heavy atom. The first-order valence-corrected chi connectivity index (χ1v) is 9.90.